The van der Waals surface area contributed by atoms with Crippen LogP contribution in [0.2, 0.25) is 0 Å². The lowest BCUT2D eigenvalue weighted by atomic mass is 9.96. The first-order valence-electron chi connectivity index (χ1n) is 8.53. The highest BCUT2D eigenvalue weighted by atomic mass is 16.1. The van der Waals surface area contributed by atoms with E-state index in [1.165, 1.54) is 0 Å². The number of carbonyl (C=O) groups is 1. The Morgan fingerprint density at radius 3 is 2.50 bits per heavy atom. The monoisotopic (exact) mass is 327 g/mol. The highest BCUT2D eigenvalue weighted by molar-refractivity contribution is 6.51. The summed E-state index contributed by atoms with van der Waals surface area (Å²) in [5.41, 5.74) is 1.56. The molecule has 7 nitrogen and oxygen atoms in total. The summed E-state index contributed by atoms with van der Waals surface area (Å²) in [6.07, 6.45) is 4.91. The summed E-state index contributed by atoms with van der Waals surface area (Å²) in [6.45, 7) is 5.16. The molecule has 1 aromatic heterocycles. The van der Waals surface area contributed by atoms with Crippen molar-refractivity contribution < 1.29 is 4.79 Å². The summed E-state index contributed by atoms with van der Waals surface area (Å²) in [5.74, 6) is 0.841. The molecule has 0 bridgehead atoms. The molecule has 1 aromatic rings. The van der Waals surface area contributed by atoms with Gasteiger partial charge in [0.1, 0.15) is 0 Å². The van der Waals surface area contributed by atoms with Crippen molar-refractivity contribution in [1.29, 1.82) is 5.41 Å². The number of nitrogens with zero attached hydrogens (tertiary/aromatic N) is 4. The van der Waals surface area contributed by atoms with Gasteiger partial charge >= 0.3 is 0 Å². The van der Waals surface area contributed by atoms with Crippen LogP contribution in [0.4, 0.5) is 11.5 Å². The average Bonchev–Trinajstić information content (AvgIpc) is 3.26. The second-order valence-electron chi connectivity index (χ2n) is 6.67. The normalized spacial score (nSPS) is 22.5. The SMILES string of the molecule is CC1=CC(=Nc2c(N3CCCC3)n3n(c2=O)CCC3)C(=N)CC1=O. The van der Waals surface area contributed by atoms with Gasteiger partial charge in [-0.1, -0.05) is 0 Å². The molecule has 0 saturated carbocycles. The predicted octanol–water partition coefficient (Wildman–Crippen LogP) is 1.67. The van der Waals surface area contributed by atoms with Crippen molar-refractivity contribution in [1.82, 2.24) is 9.36 Å². The third-order valence-corrected chi connectivity index (χ3v) is 5.00. The van der Waals surface area contributed by atoms with Gasteiger partial charge in [-0.2, -0.15) is 0 Å². The molecule has 0 atom stereocenters. The zero-order valence-corrected chi connectivity index (χ0v) is 13.8. The van der Waals surface area contributed by atoms with Crippen LogP contribution in [-0.4, -0.2) is 39.7 Å². The van der Waals surface area contributed by atoms with E-state index in [1.807, 2.05) is 4.68 Å². The van der Waals surface area contributed by atoms with Gasteiger partial charge in [-0.3, -0.25) is 14.3 Å². The summed E-state index contributed by atoms with van der Waals surface area (Å²) < 4.78 is 3.81. The second-order valence-corrected chi connectivity index (χ2v) is 6.67. The van der Waals surface area contributed by atoms with Gasteiger partial charge < -0.3 is 10.3 Å². The number of hydrogen-bond acceptors (Lipinski definition) is 5. The van der Waals surface area contributed by atoms with Crippen molar-refractivity contribution in [2.75, 3.05) is 18.0 Å². The molecule has 0 unspecified atom stereocenters. The van der Waals surface area contributed by atoms with E-state index in [9.17, 15) is 9.59 Å². The number of carbonyl (C=O) groups excluding carboxylic acids is 1. The molecule has 2 aliphatic heterocycles. The standard InChI is InChI=1S/C17H21N5O2/c1-11-9-13(12(18)10-14(11)23)19-15-16(20-5-2-3-6-20)21-7-4-8-22(21)17(15)24/h9,18H,2-8,10H2,1H3. The maximum absolute atomic E-state index is 12.8. The molecule has 126 valence electrons. The Morgan fingerprint density at radius 1 is 1.04 bits per heavy atom. The molecule has 1 fully saturated rings. The number of nitrogens with one attached hydrogen (secondary N) is 1. The molecule has 0 amide bonds. The van der Waals surface area contributed by atoms with Crippen molar-refractivity contribution in [3.05, 3.63) is 22.0 Å². The first-order valence-corrected chi connectivity index (χ1v) is 8.53. The van der Waals surface area contributed by atoms with Gasteiger partial charge in [0, 0.05) is 26.2 Å². The van der Waals surface area contributed by atoms with E-state index in [1.54, 1.807) is 17.7 Å². The van der Waals surface area contributed by atoms with Gasteiger partial charge in [0.05, 0.1) is 17.8 Å². The minimum absolute atomic E-state index is 0.0465. The van der Waals surface area contributed by atoms with Crippen LogP contribution in [0.15, 0.2) is 21.4 Å². The lowest BCUT2D eigenvalue weighted by molar-refractivity contribution is -0.114. The number of anilines is 1. The van der Waals surface area contributed by atoms with Crippen molar-refractivity contribution in [2.24, 2.45) is 4.99 Å². The number of ketones is 1. The molecular weight excluding hydrogens is 306 g/mol. The van der Waals surface area contributed by atoms with Crippen LogP contribution in [0, 0.1) is 5.41 Å². The van der Waals surface area contributed by atoms with E-state index in [0.29, 0.717) is 17.0 Å². The molecular formula is C17H21N5O2. The van der Waals surface area contributed by atoms with Gasteiger partial charge in [0.15, 0.2) is 17.3 Å². The topological polar surface area (TPSA) is 83.4 Å². The summed E-state index contributed by atoms with van der Waals surface area (Å²) in [4.78, 5) is 31.3. The van der Waals surface area contributed by atoms with Crippen LogP contribution in [0.25, 0.3) is 0 Å². The zero-order valence-electron chi connectivity index (χ0n) is 13.8. The summed E-state index contributed by atoms with van der Waals surface area (Å²) in [7, 11) is 0. The average molecular weight is 327 g/mol. The second kappa shape index (κ2) is 5.58. The van der Waals surface area contributed by atoms with E-state index >= 15 is 0 Å². The smallest absolute Gasteiger partial charge is 0.294 e. The Balaban J connectivity index is 1.87. The molecule has 0 radical (unpaired) electrons. The Labute approximate surface area is 139 Å². The molecule has 4 rings (SSSR count). The zero-order chi connectivity index (χ0) is 16.8. The Hall–Kier alpha value is -2.44. The van der Waals surface area contributed by atoms with Gasteiger partial charge in [-0.15, -0.1) is 0 Å². The van der Waals surface area contributed by atoms with E-state index in [0.717, 1.165) is 51.3 Å². The quantitative estimate of drug-likeness (QED) is 0.897. The third kappa shape index (κ3) is 2.26. The fourth-order valence-corrected chi connectivity index (χ4v) is 3.71. The van der Waals surface area contributed by atoms with Gasteiger partial charge in [0.2, 0.25) is 0 Å². The van der Waals surface area contributed by atoms with Crippen molar-refractivity contribution in [3.8, 4) is 0 Å². The minimum atomic E-state index is -0.0855. The molecule has 24 heavy (non-hydrogen) atoms. The van der Waals surface area contributed by atoms with Crippen molar-refractivity contribution in [3.63, 3.8) is 0 Å². The van der Waals surface area contributed by atoms with Crippen LogP contribution in [-0.2, 0) is 17.9 Å². The van der Waals surface area contributed by atoms with Crippen LogP contribution in [0.3, 0.4) is 0 Å². The fraction of sp³-hybridized carbons (Fsp3) is 0.529. The maximum Gasteiger partial charge on any atom is 0.294 e. The van der Waals surface area contributed by atoms with Gasteiger partial charge in [-0.25, -0.2) is 9.67 Å². The molecule has 1 saturated heterocycles. The lowest BCUT2D eigenvalue weighted by Crippen LogP contribution is -2.23. The highest BCUT2D eigenvalue weighted by Crippen LogP contribution is 2.32. The van der Waals surface area contributed by atoms with Gasteiger partial charge in [0.25, 0.3) is 5.56 Å². The van der Waals surface area contributed by atoms with E-state index in [4.69, 9.17) is 5.41 Å². The largest absolute Gasteiger partial charge is 0.355 e. The van der Waals surface area contributed by atoms with Crippen molar-refractivity contribution >= 4 is 28.7 Å². The molecule has 0 spiro atoms. The first kappa shape index (κ1) is 15.1. The lowest BCUT2D eigenvalue weighted by Gasteiger charge is -2.19. The predicted molar refractivity (Wildman–Crippen MR) is 93.0 cm³/mol. The maximum atomic E-state index is 12.8. The molecule has 3 aliphatic rings. The van der Waals surface area contributed by atoms with Crippen LogP contribution < -0.4 is 10.5 Å². The van der Waals surface area contributed by atoms with E-state index in [2.05, 4.69) is 9.89 Å². The summed E-state index contributed by atoms with van der Waals surface area (Å²) >= 11 is 0. The molecule has 7 heteroatoms. The minimum Gasteiger partial charge on any atom is -0.355 e. The molecule has 1 N–H and O–H groups in total. The molecule has 1 aliphatic carbocycles. The Kier molecular flexibility index (Phi) is 3.51. The molecule has 3 heterocycles. The third-order valence-electron chi connectivity index (χ3n) is 5.00. The molecule has 0 aromatic carbocycles. The number of rotatable bonds is 2. The van der Waals surface area contributed by atoms with Crippen LogP contribution in [0.1, 0.15) is 32.6 Å². The number of allylic oxidation sites excluding steroid dienone is 2. The number of aromatic nitrogens is 2. The first-order chi connectivity index (χ1) is 11.6. The Morgan fingerprint density at radius 2 is 1.75 bits per heavy atom. The number of aliphatic imine (C=N–C) groups is 1. The summed E-state index contributed by atoms with van der Waals surface area (Å²) in [5, 5.41) is 8.06. The highest BCUT2D eigenvalue weighted by Gasteiger charge is 2.29. The fourth-order valence-electron chi connectivity index (χ4n) is 3.71. The van der Waals surface area contributed by atoms with E-state index < -0.39 is 0 Å². The van der Waals surface area contributed by atoms with Crippen LogP contribution in [0.5, 0.6) is 0 Å². The number of Topliss-reactive ketones (excluding diaryl/α,β-unsaturated/α-hetero) is 1. The van der Waals surface area contributed by atoms with Crippen LogP contribution >= 0.6 is 0 Å². The number of fused-ring (bicyclic) bond motifs is 1. The summed E-state index contributed by atoms with van der Waals surface area (Å²) in [6, 6.07) is 0. The van der Waals surface area contributed by atoms with E-state index in [-0.39, 0.29) is 23.5 Å². The van der Waals surface area contributed by atoms with Crippen molar-refractivity contribution in [2.45, 2.75) is 45.7 Å². The Bertz CT molecular complexity index is 849. The number of hydrogen-bond donors (Lipinski definition) is 1. The van der Waals surface area contributed by atoms with Gasteiger partial charge in [-0.05, 0) is 37.8 Å².